The zero-order chi connectivity index (χ0) is 21.9. The van der Waals surface area contributed by atoms with Gasteiger partial charge in [0.2, 0.25) is 21.8 Å². The number of primary amides is 1. The maximum atomic E-state index is 12.9. The van der Waals surface area contributed by atoms with E-state index in [1.54, 1.807) is 4.90 Å². The molecule has 0 bridgehead atoms. The molecule has 30 heavy (non-hydrogen) atoms. The van der Waals surface area contributed by atoms with Crippen LogP contribution in [0.2, 0.25) is 0 Å². The first-order valence-corrected chi connectivity index (χ1v) is 10.7. The number of carbonyl (C=O) groups excluding carboxylic acids is 3. The van der Waals surface area contributed by atoms with E-state index < -0.39 is 21.8 Å². The van der Waals surface area contributed by atoms with Crippen LogP contribution in [0.25, 0.3) is 0 Å². The van der Waals surface area contributed by atoms with E-state index in [4.69, 9.17) is 5.73 Å². The second-order valence-corrected chi connectivity index (χ2v) is 8.77. The number of benzene rings is 2. The minimum absolute atomic E-state index is 0.00972. The Morgan fingerprint density at radius 3 is 2.13 bits per heavy atom. The molecule has 3 amide bonds. The average Bonchev–Trinajstić information content (AvgIpc) is 2.74. The monoisotopic (exact) mass is 430 g/mol. The third kappa shape index (κ3) is 4.66. The number of nitrogens with one attached hydrogen (secondary N) is 1. The number of hydrogen-bond acceptors (Lipinski definition) is 5. The Morgan fingerprint density at radius 2 is 1.57 bits per heavy atom. The lowest BCUT2D eigenvalue weighted by molar-refractivity contribution is -0.129. The first kappa shape index (κ1) is 21.5. The number of nitrogens with two attached hydrogens (primary N) is 1. The molecular formula is C20H22N4O5S. The Kier molecular flexibility index (Phi) is 6.18. The number of rotatable bonds is 5. The predicted molar refractivity (Wildman–Crippen MR) is 110 cm³/mol. The van der Waals surface area contributed by atoms with Crippen LogP contribution in [0, 0.1) is 0 Å². The molecule has 0 aliphatic carbocycles. The fourth-order valence-electron chi connectivity index (χ4n) is 3.11. The summed E-state index contributed by atoms with van der Waals surface area (Å²) in [6.45, 7) is 2.51. The highest BCUT2D eigenvalue weighted by atomic mass is 32.2. The van der Waals surface area contributed by atoms with Crippen molar-refractivity contribution < 1.29 is 22.8 Å². The number of carbonyl (C=O) groups is 3. The van der Waals surface area contributed by atoms with Crippen LogP contribution in [0.1, 0.15) is 27.6 Å². The van der Waals surface area contributed by atoms with E-state index in [-0.39, 0.29) is 29.5 Å². The second-order valence-electron chi connectivity index (χ2n) is 6.83. The summed E-state index contributed by atoms with van der Waals surface area (Å²) < 4.78 is 27.2. The molecule has 1 saturated heterocycles. The summed E-state index contributed by atoms with van der Waals surface area (Å²) in [7, 11) is -3.79. The van der Waals surface area contributed by atoms with Crippen LogP contribution < -0.4 is 11.1 Å². The summed E-state index contributed by atoms with van der Waals surface area (Å²) >= 11 is 0. The molecule has 3 rings (SSSR count). The quantitative estimate of drug-likeness (QED) is 0.728. The number of nitrogens with zero attached hydrogens (tertiary/aromatic N) is 2. The van der Waals surface area contributed by atoms with Crippen molar-refractivity contribution in [2.45, 2.75) is 11.8 Å². The van der Waals surface area contributed by atoms with E-state index >= 15 is 0 Å². The van der Waals surface area contributed by atoms with Crippen molar-refractivity contribution in [3.05, 3.63) is 59.7 Å². The zero-order valence-corrected chi connectivity index (χ0v) is 17.2. The van der Waals surface area contributed by atoms with Gasteiger partial charge in [0.15, 0.2) is 0 Å². The van der Waals surface area contributed by atoms with Crippen LogP contribution >= 0.6 is 0 Å². The summed E-state index contributed by atoms with van der Waals surface area (Å²) in [4.78, 5) is 36.7. The highest BCUT2D eigenvalue weighted by Crippen LogP contribution is 2.20. The average molecular weight is 430 g/mol. The van der Waals surface area contributed by atoms with Crippen molar-refractivity contribution in [3.8, 4) is 0 Å². The Morgan fingerprint density at radius 1 is 0.933 bits per heavy atom. The molecule has 3 N–H and O–H groups in total. The van der Waals surface area contributed by atoms with Gasteiger partial charge in [-0.3, -0.25) is 14.4 Å². The molecule has 10 heteroatoms. The van der Waals surface area contributed by atoms with E-state index in [9.17, 15) is 22.8 Å². The summed E-state index contributed by atoms with van der Waals surface area (Å²) in [5.41, 5.74) is 6.12. The van der Waals surface area contributed by atoms with Gasteiger partial charge in [0.1, 0.15) is 0 Å². The van der Waals surface area contributed by atoms with E-state index in [1.165, 1.54) is 59.8 Å². The number of anilines is 1. The molecule has 1 aliphatic rings. The lowest BCUT2D eigenvalue weighted by Gasteiger charge is -2.33. The van der Waals surface area contributed by atoms with Crippen molar-refractivity contribution in [2.75, 3.05) is 31.5 Å². The number of sulfonamides is 1. The molecule has 0 unspecified atom stereocenters. The highest BCUT2D eigenvalue weighted by Gasteiger charge is 2.29. The van der Waals surface area contributed by atoms with Crippen LogP contribution in [0.5, 0.6) is 0 Å². The summed E-state index contributed by atoms with van der Waals surface area (Å²) in [5.74, 6) is -1.15. The Labute approximate surface area is 174 Å². The van der Waals surface area contributed by atoms with Crippen molar-refractivity contribution in [2.24, 2.45) is 5.73 Å². The third-order valence-electron chi connectivity index (χ3n) is 4.85. The van der Waals surface area contributed by atoms with Crippen LogP contribution in [0.4, 0.5) is 5.69 Å². The normalized spacial score (nSPS) is 14.9. The Bertz CT molecular complexity index is 1070. The summed E-state index contributed by atoms with van der Waals surface area (Å²) in [5, 5.41) is 2.66. The smallest absolute Gasteiger partial charge is 0.255 e. The Hall–Kier alpha value is -3.24. The van der Waals surface area contributed by atoms with Crippen LogP contribution in [0.15, 0.2) is 53.4 Å². The maximum absolute atomic E-state index is 12.9. The van der Waals surface area contributed by atoms with E-state index in [0.29, 0.717) is 24.3 Å². The largest absolute Gasteiger partial charge is 0.366 e. The van der Waals surface area contributed by atoms with Gasteiger partial charge in [-0.05, 0) is 42.5 Å². The van der Waals surface area contributed by atoms with Gasteiger partial charge in [0.05, 0.1) is 4.90 Å². The molecule has 0 radical (unpaired) electrons. The minimum Gasteiger partial charge on any atom is -0.366 e. The van der Waals surface area contributed by atoms with Gasteiger partial charge in [-0.2, -0.15) is 4.31 Å². The molecule has 2 aromatic carbocycles. The van der Waals surface area contributed by atoms with E-state index in [1.807, 2.05) is 0 Å². The predicted octanol–water partition coefficient (Wildman–Crippen LogP) is 0.891. The fourth-order valence-corrected chi connectivity index (χ4v) is 4.58. The number of hydrogen-bond donors (Lipinski definition) is 2. The topological polar surface area (TPSA) is 130 Å². The van der Waals surface area contributed by atoms with Crippen LogP contribution in [0.3, 0.4) is 0 Å². The van der Waals surface area contributed by atoms with Gasteiger partial charge in [0, 0.05) is 49.9 Å². The SMILES string of the molecule is CC(=O)N1CCN(S(=O)(=O)c2cccc(C(=O)Nc3ccc(C(N)=O)cc3)c2)CC1. The van der Waals surface area contributed by atoms with Gasteiger partial charge in [-0.25, -0.2) is 8.42 Å². The Balaban J connectivity index is 1.74. The van der Waals surface area contributed by atoms with Crippen molar-refractivity contribution in [3.63, 3.8) is 0 Å². The molecule has 1 heterocycles. The molecule has 158 valence electrons. The summed E-state index contributed by atoms with van der Waals surface area (Å²) in [6, 6.07) is 11.8. The lowest BCUT2D eigenvalue weighted by Crippen LogP contribution is -2.49. The first-order valence-electron chi connectivity index (χ1n) is 9.25. The molecule has 0 spiro atoms. The maximum Gasteiger partial charge on any atom is 0.255 e. The number of amides is 3. The zero-order valence-electron chi connectivity index (χ0n) is 16.4. The molecule has 9 nitrogen and oxygen atoms in total. The fraction of sp³-hybridized carbons (Fsp3) is 0.250. The van der Waals surface area contributed by atoms with Gasteiger partial charge >= 0.3 is 0 Å². The first-order chi connectivity index (χ1) is 14.2. The third-order valence-corrected chi connectivity index (χ3v) is 6.74. The molecule has 2 aromatic rings. The molecule has 0 saturated carbocycles. The summed E-state index contributed by atoms with van der Waals surface area (Å²) in [6.07, 6.45) is 0. The number of piperazine rings is 1. The van der Waals surface area contributed by atoms with Crippen molar-refractivity contribution >= 4 is 33.4 Å². The van der Waals surface area contributed by atoms with Crippen molar-refractivity contribution in [1.29, 1.82) is 0 Å². The van der Waals surface area contributed by atoms with Gasteiger partial charge in [-0.1, -0.05) is 6.07 Å². The molecule has 1 fully saturated rings. The lowest BCUT2D eigenvalue weighted by atomic mass is 10.2. The molecule has 0 aromatic heterocycles. The van der Waals surface area contributed by atoms with E-state index in [0.717, 1.165) is 0 Å². The van der Waals surface area contributed by atoms with Gasteiger partial charge < -0.3 is 16.0 Å². The standard InChI is InChI=1S/C20H22N4O5S/c1-14(25)23-9-11-24(12-10-23)30(28,29)18-4-2-3-16(13-18)20(27)22-17-7-5-15(6-8-17)19(21)26/h2-8,13H,9-12H2,1H3,(H2,21,26)(H,22,27). The minimum atomic E-state index is -3.79. The molecule has 0 atom stereocenters. The molecule has 1 aliphatic heterocycles. The van der Waals surface area contributed by atoms with Gasteiger partial charge in [-0.15, -0.1) is 0 Å². The van der Waals surface area contributed by atoms with Gasteiger partial charge in [0.25, 0.3) is 5.91 Å². The molecular weight excluding hydrogens is 408 g/mol. The second kappa shape index (κ2) is 8.64. The van der Waals surface area contributed by atoms with Crippen molar-refractivity contribution in [1.82, 2.24) is 9.21 Å². The van der Waals surface area contributed by atoms with Crippen LogP contribution in [-0.4, -0.2) is 61.5 Å². The van der Waals surface area contributed by atoms with E-state index in [2.05, 4.69) is 5.32 Å². The highest BCUT2D eigenvalue weighted by molar-refractivity contribution is 7.89. The van der Waals surface area contributed by atoms with Crippen LogP contribution in [-0.2, 0) is 14.8 Å².